The molecule has 0 bridgehead atoms. The van der Waals surface area contributed by atoms with Gasteiger partial charge in [0, 0.05) is 6.42 Å². The molecule has 0 aromatic heterocycles. The van der Waals surface area contributed by atoms with E-state index in [2.05, 4.69) is 13.8 Å². The van der Waals surface area contributed by atoms with E-state index in [0.717, 1.165) is 24.0 Å². The quantitative estimate of drug-likeness (QED) is 0.506. The van der Waals surface area contributed by atoms with Gasteiger partial charge in [0.15, 0.2) is 0 Å². The van der Waals surface area contributed by atoms with Crippen molar-refractivity contribution in [2.45, 2.75) is 52.1 Å². The number of unbranched alkanes of at least 4 members (excludes halogenated alkanes) is 4. The fourth-order valence-corrected chi connectivity index (χ4v) is 1.74. The van der Waals surface area contributed by atoms with Crippen LogP contribution in [0.5, 0.6) is 0 Å². The second-order valence-electron chi connectivity index (χ2n) is 4.64. The zero-order chi connectivity index (χ0) is 13.2. The summed E-state index contributed by atoms with van der Waals surface area (Å²) in [5.74, 6) is -0.0924. The highest BCUT2D eigenvalue weighted by molar-refractivity contribution is 5.69. The molecule has 0 saturated carbocycles. The van der Waals surface area contributed by atoms with Crippen molar-refractivity contribution in [3.05, 3.63) is 42.3 Å². The van der Waals surface area contributed by atoms with Crippen molar-refractivity contribution in [3.63, 3.8) is 0 Å². The van der Waals surface area contributed by atoms with Crippen LogP contribution >= 0.6 is 0 Å². The van der Waals surface area contributed by atoms with Crippen LogP contribution in [-0.4, -0.2) is 5.97 Å². The van der Waals surface area contributed by atoms with Crippen LogP contribution < -0.4 is 0 Å². The molecule has 0 fully saturated rings. The molecule has 0 aliphatic rings. The Labute approximate surface area is 110 Å². The summed E-state index contributed by atoms with van der Waals surface area (Å²) < 4.78 is 5.22. The van der Waals surface area contributed by atoms with Gasteiger partial charge in [0.1, 0.15) is 6.61 Å². The number of hydrogen-bond acceptors (Lipinski definition) is 2. The molecule has 18 heavy (non-hydrogen) atoms. The van der Waals surface area contributed by atoms with Crippen molar-refractivity contribution in [2.75, 3.05) is 0 Å². The minimum atomic E-state index is -0.0924. The van der Waals surface area contributed by atoms with E-state index < -0.39 is 0 Å². The van der Waals surface area contributed by atoms with E-state index in [1.165, 1.54) is 19.3 Å². The second kappa shape index (κ2) is 8.73. The van der Waals surface area contributed by atoms with Crippen LogP contribution in [0.4, 0.5) is 0 Å². The Hall–Kier alpha value is -1.31. The van der Waals surface area contributed by atoms with E-state index in [-0.39, 0.29) is 5.97 Å². The van der Waals surface area contributed by atoms with Crippen LogP contribution in [0.15, 0.2) is 24.3 Å². The monoisotopic (exact) mass is 247 g/mol. The van der Waals surface area contributed by atoms with Crippen LogP contribution in [-0.2, 0) is 16.1 Å². The van der Waals surface area contributed by atoms with Gasteiger partial charge >= 0.3 is 5.97 Å². The van der Waals surface area contributed by atoms with Crippen molar-refractivity contribution in [1.82, 2.24) is 0 Å². The Morgan fingerprint density at radius 2 is 1.78 bits per heavy atom. The lowest BCUT2D eigenvalue weighted by Gasteiger charge is -2.05. The van der Waals surface area contributed by atoms with E-state index in [4.69, 9.17) is 4.74 Å². The van der Waals surface area contributed by atoms with Crippen LogP contribution in [0.2, 0.25) is 0 Å². The molecule has 0 atom stereocenters. The number of carbonyl (C=O) groups excluding carboxylic acids is 1. The van der Waals surface area contributed by atoms with Gasteiger partial charge in [0.05, 0.1) is 0 Å². The third-order valence-corrected chi connectivity index (χ3v) is 2.91. The first-order chi connectivity index (χ1) is 8.72. The van der Waals surface area contributed by atoms with E-state index in [9.17, 15) is 4.79 Å². The van der Waals surface area contributed by atoms with Gasteiger partial charge in [-0.25, -0.2) is 0 Å². The maximum absolute atomic E-state index is 11.5. The number of benzene rings is 1. The molecule has 0 amide bonds. The minimum Gasteiger partial charge on any atom is -0.461 e. The first kappa shape index (κ1) is 14.7. The van der Waals surface area contributed by atoms with E-state index in [1.807, 2.05) is 24.3 Å². The van der Waals surface area contributed by atoms with Gasteiger partial charge in [-0.15, -0.1) is 0 Å². The number of esters is 1. The Morgan fingerprint density at radius 3 is 2.44 bits per heavy atom. The molecule has 1 aromatic carbocycles. The number of ether oxygens (including phenoxy) is 1. The Bertz CT molecular complexity index is 341. The van der Waals surface area contributed by atoms with E-state index in [1.54, 1.807) is 0 Å². The lowest BCUT2D eigenvalue weighted by atomic mass is 10.1. The molecule has 1 aromatic rings. The largest absolute Gasteiger partial charge is 0.461 e. The summed E-state index contributed by atoms with van der Waals surface area (Å²) in [4.78, 5) is 11.5. The van der Waals surface area contributed by atoms with E-state index >= 15 is 0 Å². The molecule has 0 unspecified atom stereocenters. The van der Waals surface area contributed by atoms with Gasteiger partial charge in [-0.05, 0) is 24.5 Å². The molecule has 99 valence electrons. The van der Waals surface area contributed by atoms with Crippen LogP contribution in [0.1, 0.15) is 56.6 Å². The van der Waals surface area contributed by atoms with Crippen molar-refractivity contribution < 1.29 is 9.53 Å². The Kier molecular flexibility index (Phi) is 7.16. The fraction of sp³-hybridized carbons (Fsp3) is 0.500. The predicted octanol–water partition coefficient (Wildman–Crippen LogP) is 4.27. The van der Waals surface area contributed by atoms with Crippen molar-refractivity contribution in [1.29, 1.82) is 0 Å². The summed E-state index contributed by atoms with van der Waals surface area (Å²) in [6.45, 7) is 6.37. The molecule has 1 rings (SSSR count). The summed E-state index contributed by atoms with van der Waals surface area (Å²) in [7, 11) is 0. The first-order valence-electron chi connectivity index (χ1n) is 6.79. The molecule has 2 nitrogen and oxygen atoms in total. The molecule has 0 N–H and O–H groups in total. The maximum Gasteiger partial charge on any atom is 0.306 e. The van der Waals surface area contributed by atoms with Gasteiger partial charge in [0.2, 0.25) is 0 Å². The third kappa shape index (κ3) is 6.43. The number of carbonyl (C=O) groups is 1. The molecular weight excluding hydrogens is 224 g/mol. The molecule has 0 heterocycles. The fourth-order valence-electron chi connectivity index (χ4n) is 1.74. The molecule has 0 spiro atoms. The molecule has 0 aliphatic heterocycles. The lowest BCUT2D eigenvalue weighted by molar-refractivity contribution is -0.145. The van der Waals surface area contributed by atoms with Crippen LogP contribution in [0.25, 0.3) is 0 Å². The average Bonchev–Trinajstić information content (AvgIpc) is 2.38. The van der Waals surface area contributed by atoms with Crippen LogP contribution in [0.3, 0.4) is 0 Å². The standard InChI is InChI=1S/C16H23O2/c1-3-4-5-6-7-8-16(17)18-13-15-11-9-14(2)10-12-15/h9-12H,2-8,13H2,1H3. The molecule has 0 saturated heterocycles. The van der Waals surface area contributed by atoms with Crippen molar-refractivity contribution in [3.8, 4) is 0 Å². The Balaban J connectivity index is 2.11. The lowest BCUT2D eigenvalue weighted by Crippen LogP contribution is -2.04. The highest BCUT2D eigenvalue weighted by Crippen LogP contribution is 2.08. The van der Waals surface area contributed by atoms with Crippen molar-refractivity contribution >= 4 is 5.97 Å². The number of hydrogen-bond donors (Lipinski definition) is 0. The zero-order valence-electron chi connectivity index (χ0n) is 11.3. The molecule has 0 aliphatic carbocycles. The van der Waals surface area contributed by atoms with Crippen molar-refractivity contribution in [2.24, 2.45) is 0 Å². The summed E-state index contributed by atoms with van der Waals surface area (Å²) >= 11 is 0. The van der Waals surface area contributed by atoms with Gasteiger partial charge in [0.25, 0.3) is 0 Å². The van der Waals surface area contributed by atoms with E-state index in [0.29, 0.717) is 13.0 Å². The zero-order valence-corrected chi connectivity index (χ0v) is 11.3. The summed E-state index contributed by atoms with van der Waals surface area (Å²) in [5, 5.41) is 0. The summed E-state index contributed by atoms with van der Waals surface area (Å²) in [6, 6.07) is 7.73. The third-order valence-electron chi connectivity index (χ3n) is 2.91. The van der Waals surface area contributed by atoms with Gasteiger partial charge in [-0.3, -0.25) is 4.79 Å². The maximum atomic E-state index is 11.5. The summed E-state index contributed by atoms with van der Waals surface area (Å²) in [6.07, 6.45) is 6.31. The van der Waals surface area contributed by atoms with Gasteiger partial charge < -0.3 is 4.74 Å². The van der Waals surface area contributed by atoms with Gasteiger partial charge in [-0.1, -0.05) is 56.9 Å². The second-order valence-corrected chi connectivity index (χ2v) is 4.64. The molecule has 2 heteroatoms. The smallest absolute Gasteiger partial charge is 0.306 e. The minimum absolute atomic E-state index is 0.0924. The molecular formula is C16H23O2. The van der Waals surface area contributed by atoms with Gasteiger partial charge in [-0.2, -0.15) is 0 Å². The normalized spacial score (nSPS) is 10.3. The molecule has 1 radical (unpaired) electrons. The highest BCUT2D eigenvalue weighted by Gasteiger charge is 2.03. The predicted molar refractivity (Wildman–Crippen MR) is 74.1 cm³/mol. The number of rotatable bonds is 8. The topological polar surface area (TPSA) is 26.3 Å². The SMILES string of the molecule is [CH2]c1ccc(COC(=O)CCCCCCC)cc1. The highest BCUT2D eigenvalue weighted by atomic mass is 16.5. The Morgan fingerprint density at radius 1 is 1.11 bits per heavy atom. The average molecular weight is 247 g/mol. The van der Waals surface area contributed by atoms with Crippen LogP contribution in [0, 0.1) is 6.92 Å². The first-order valence-corrected chi connectivity index (χ1v) is 6.79. The summed E-state index contributed by atoms with van der Waals surface area (Å²) in [5.41, 5.74) is 1.99.